The molecule has 15 heavy (non-hydrogen) atoms. The second-order valence-electron chi connectivity index (χ2n) is 3.82. The van der Waals surface area contributed by atoms with Gasteiger partial charge in [-0.05, 0) is 59.0 Å². The molecule has 0 spiro atoms. The van der Waals surface area contributed by atoms with E-state index in [1.54, 1.807) is 6.07 Å². The molecule has 1 fully saturated rings. The van der Waals surface area contributed by atoms with Crippen molar-refractivity contribution in [3.05, 3.63) is 33.1 Å². The highest BCUT2D eigenvalue weighted by Gasteiger charge is 2.38. The largest absolute Gasteiger partial charge is 0.481 e. The molecule has 1 aliphatic rings. The second kappa shape index (κ2) is 4.08. The molecule has 0 amide bonds. The van der Waals surface area contributed by atoms with Crippen LogP contribution in [0, 0.1) is 15.3 Å². The van der Waals surface area contributed by atoms with Crippen molar-refractivity contribution in [3.8, 4) is 0 Å². The van der Waals surface area contributed by atoms with Gasteiger partial charge in [-0.1, -0.05) is 6.07 Å². The van der Waals surface area contributed by atoms with Crippen LogP contribution in [0.2, 0.25) is 0 Å². The summed E-state index contributed by atoms with van der Waals surface area (Å²) in [5.74, 6) is -1.34. The van der Waals surface area contributed by atoms with Crippen LogP contribution >= 0.6 is 22.6 Å². The number of hydrogen-bond acceptors (Lipinski definition) is 1. The maximum Gasteiger partial charge on any atom is 0.311 e. The van der Waals surface area contributed by atoms with Crippen LogP contribution in [0.4, 0.5) is 4.39 Å². The van der Waals surface area contributed by atoms with E-state index in [0.717, 1.165) is 18.4 Å². The third-order valence-corrected chi connectivity index (χ3v) is 3.59. The number of benzene rings is 1. The minimum atomic E-state index is -0.804. The fraction of sp³-hybridized carbons (Fsp3) is 0.364. The van der Waals surface area contributed by atoms with Crippen LogP contribution in [0.3, 0.4) is 0 Å². The standard InChI is InChI=1S/C11H10FIO2/c12-7-3-4-8(9(13)5-7)10(11(14)15)6-1-2-6/h3-6,10H,1-2H2,(H,14,15). The van der Waals surface area contributed by atoms with Crippen LogP contribution < -0.4 is 0 Å². The third-order valence-electron chi connectivity index (χ3n) is 2.66. The van der Waals surface area contributed by atoms with Gasteiger partial charge in [0.1, 0.15) is 5.82 Å². The Morgan fingerprint density at radius 2 is 2.20 bits per heavy atom. The molecular formula is C11H10FIO2. The normalized spacial score (nSPS) is 17.5. The van der Waals surface area contributed by atoms with Gasteiger partial charge in [-0.25, -0.2) is 4.39 Å². The third kappa shape index (κ3) is 2.30. The zero-order valence-corrected chi connectivity index (χ0v) is 10.1. The number of halogens is 2. The number of carboxylic acid groups (broad SMARTS) is 1. The van der Waals surface area contributed by atoms with E-state index in [1.165, 1.54) is 12.1 Å². The molecular weight excluding hydrogens is 310 g/mol. The zero-order chi connectivity index (χ0) is 11.0. The minimum absolute atomic E-state index is 0.237. The molecule has 80 valence electrons. The van der Waals surface area contributed by atoms with Crippen molar-refractivity contribution in [1.82, 2.24) is 0 Å². The van der Waals surface area contributed by atoms with Crippen LogP contribution in [-0.4, -0.2) is 11.1 Å². The Morgan fingerprint density at radius 1 is 1.53 bits per heavy atom. The first-order valence-corrected chi connectivity index (χ1v) is 5.85. The number of rotatable bonds is 3. The molecule has 1 aromatic rings. The summed E-state index contributed by atoms with van der Waals surface area (Å²) in [5, 5.41) is 9.13. The number of hydrogen-bond donors (Lipinski definition) is 1. The molecule has 1 aromatic carbocycles. The molecule has 2 nitrogen and oxygen atoms in total. The molecule has 2 rings (SSSR count). The van der Waals surface area contributed by atoms with Gasteiger partial charge in [0.25, 0.3) is 0 Å². The van der Waals surface area contributed by atoms with Crippen LogP contribution in [0.25, 0.3) is 0 Å². The van der Waals surface area contributed by atoms with Crippen molar-refractivity contribution in [3.63, 3.8) is 0 Å². The number of aliphatic carboxylic acids is 1. The molecule has 0 bridgehead atoms. The molecule has 0 saturated heterocycles. The van der Waals surface area contributed by atoms with Crippen molar-refractivity contribution in [1.29, 1.82) is 0 Å². The highest BCUT2D eigenvalue weighted by Crippen LogP contribution is 2.43. The van der Waals surface area contributed by atoms with E-state index in [9.17, 15) is 9.18 Å². The Labute approximate surface area is 101 Å². The van der Waals surface area contributed by atoms with Gasteiger partial charge in [0.15, 0.2) is 0 Å². The zero-order valence-electron chi connectivity index (χ0n) is 7.91. The Bertz CT molecular complexity index is 402. The van der Waals surface area contributed by atoms with Crippen LogP contribution in [0.5, 0.6) is 0 Å². The lowest BCUT2D eigenvalue weighted by Gasteiger charge is -2.13. The van der Waals surface area contributed by atoms with Crippen molar-refractivity contribution in [2.45, 2.75) is 18.8 Å². The first-order valence-electron chi connectivity index (χ1n) is 4.77. The van der Waals surface area contributed by atoms with Crippen molar-refractivity contribution in [2.24, 2.45) is 5.92 Å². The van der Waals surface area contributed by atoms with Gasteiger partial charge in [0, 0.05) is 3.57 Å². The fourth-order valence-corrected chi connectivity index (χ4v) is 2.58. The smallest absolute Gasteiger partial charge is 0.311 e. The Hall–Kier alpha value is -0.650. The molecule has 0 radical (unpaired) electrons. The summed E-state index contributed by atoms with van der Waals surface area (Å²) >= 11 is 1.99. The topological polar surface area (TPSA) is 37.3 Å². The molecule has 0 aliphatic heterocycles. The Balaban J connectivity index is 2.37. The SMILES string of the molecule is O=C(O)C(c1ccc(F)cc1I)C1CC1. The summed E-state index contributed by atoms with van der Waals surface area (Å²) in [5.41, 5.74) is 0.743. The van der Waals surface area contributed by atoms with Crippen molar-refractivity contribution < 1.29 is 14.3 Å². The van der Waals surface area contributed by atoms with E-state index in [1.807, 2.05) is 22.6 Å². The summed E-state index contributed by atoms with van der Waals surface area (Å²) in [6.45, 7) is 0. The predicted octanol–water partition coefficient (Wildman–Crippen LogP) is 3.01. The lowest BCUT2D eigenvalue weighted by atomic mass is 9.94. The monoisotopic (exact) mass is 320 g/mol. The van der Waals surface area contributed by atoms with Crippen molar-refractivity contribution in [2.75, 3.05) is 0 Å². The number of carbonyl (C=O) groups is 1. The highest BCUT2D eigenvalue weighted by atomic mass is 127. The van der Waals surface area contributed by atoms with E-state index in [2.05, 4.69) is 0 Å². The molecule has 0 aromatic heterocycles. The predicted molar refractivity (Wildman–Crippen MR) is 62.2 cm³/mol. The van der Waals surface area contributed by atoms with Crippen LogP contribution in [0.15, 0.2) is 18.2 Å². The minimum Gasteiger partial charge on any atom is -0.481 e. The Kier molecular flexibility index (Phi) is 2.95. The van der Waals surface area contributed by atoms with Gasteiger partial charge >= 0.3 is 5.97 Å². The molecule has 1 atom stereocenters. The van der Waals surface area contributed by atoms with E-state index >= 15 is 0 Å². The Morgan fingerprint density at radius 3 is 2.67 bits per heavy atom. The van der Waals surface area contributed by atoms with Crippen molar-refractivity contribution >= 4 is 28.6 Å². The summed E-state index contributed by atoms with van der Waals surface area (Å²) in [7, 11) is 0. The molecule has 4 heteroatoms. The average molecular weight is 320 g/mol. The van der Waals surface area contributed by atoms with Crippen LogP contribution in [0.1, 0.15) is 24.3 Å². The molecule has 1 N–H and O–H groups in total. The quantitative estimate of drug-likeness (QED) is 0.870. The first-order chi connectivity index (χ1) is 7.09. The average Bonchev–Trinajstić information content (AvgIpc) is 2.92. The van der Waals surface area contributed by atoms with Gasteiger partial charge in [-0.2, -0.15) is 0 Å². The van der Waals surface area contributed by atoms with E-state index in [0.29, 0.717) is 3.57 Å². The molecule has 1 saturated carbocycles. The van der Waals surface area contributed by atoms with E-state index in [4.69, 9.17) is 5.11 Å². The maximum absolute atomic E-state index is 12.9. The lowest BCUT2D eigenvalue weighted by molar-refractivity contribution is -0.139. The molecule has 1 aliphatic carbocycles. The molecule has 0 heterocycles. The number of carboxylic acids is 1. The van der Waals surface area contributed by atoms with Gasteiger partial charge < -0.3 is 5.11 Å². The highest BCUT2D eigenvalue weighted by molar-refractivity contribution is 14.1. The van der Waals surface area contributed by atoms with Gasteiger partial charge in [0.05, 0.1) is 5.92 Å². The lowest BCUT2D eigenvalue weighted by Crippen LogP contribution is -2.15. The summed E-state index contributed by atoms with van der Waals surface area (Å²) in [4.78, 5) is 11.1. The maximum atomic E-state index is 12.9. The summed E-state index contributed by atoms with van der Waals surface area (Å²) in [6.07, 6.45) is 1.93. The molecule has 1 unspecified atom stereocenters. The van der Waals surface area contributed by atoms with E-state index in [-0.39, 0.29) is 11.7 Å². The van der Waals surface area contributed by atoms with Gasteiger partial charge in [-0.3, -0.25) is 4.79 Å². The fourth-order valence-electron chi connectivity index (χ4n) is 1.77. The van der Waals surface area contributed by atoms with Crippen LogP contribution in [-0.2, 0) is 4.79 Å². The van der Waals surface area contributed by atoms with E-state index < -0.39 is 11.9 Å². The second-order valence-corrected chi connectivity index (χ2v) is 4.98. The summed E-state index contributed by atoms with van der Waals surface area (Å²) in [6, 6.07) is 4.30. The first kappa shape index (κ1) is 10.9. The van der Waals surface area contributed by atoms with Gasteiger partial charge in [-0.15, -0.1) is 0 Å². The van der Waals surface area contributed by atoms with Gasteiger partial charge in [0.2, 0.25) is 0 Å². The summed E-state index contributed by atoms with van der Waals surface area (Å²) < 4.78 is 13.6.